The van der Waals surface area contributed by atoms with Crippen molar-refractivity contribution in [1.82, 2.24) is 9.97 Å². The summed E-state index contributed by atoms with van der Waals surface area (Å²) in [6, 6.07) is 4.82. The Kier molecular flexibility index (Phi) is 3.54. The molecule has 104 valence electrons. The summed E-state index contributed by atoms with van der Waals surface area (Å²) < 4.78 is 19.5. The lowest BCUT2D eigenvalue weighted by Crippen LogP contribution is -2.16. The zero-order valence-electron chi connectivity index (χ0n) is 10.9. The summed E-state index contributed by atoms with van der Waals surface area (Å²) in [5.41, 5.74) is 2.14. The molecule has 0 spiro atoms. The molecule has 1 N–H and O–H groups in total. The fourth-order valence-corrected chi connectivity index (χ4v) is 2.41. The molecule has 0 aliphatic carbocycles. The Bertz CT molecular complexity index is 646. The summed E-state index contributed by atoms with van der Waals surface area (Å²) in [6.07, 6.45) is 0.696. The number of hydrogen-bond donors (Lipinski definition) is 1. The molecule has 1 aliphatic rings. The first-order chi connectivity index (χ1) is 9.70. The molecular weight excluding hydrogens is 281 g/mol. The van der Waals surface area contributed by atoms with Gasteiger partial charge in [0.15, 0.2) is 11.6 Å². The third-order valence-electron chi connectivity index (χ3n) is 3.25. The second-order valence-electron chi connectivity index (χ2n) is 4.48. The molecule has 20 heavy (non-hydrogen) atoms. The number of halogens is 2. The fourth-order valence-electron chi connectivity index (χ4n) is 2.24. The van der Waals surface area contributed by atoms with Crippen LogP contribution >= 0.6 is 11.6 Å². The van der Waals surface area contributed by atoms with E-state index in [9.17, 15) is 4.39 Å². The van der Waals surface area contributed by atoms with Crippen LogP contribution in [0, 0.1) is 5.82 Å². The number of benzene rings is 1. The predicted octanol–water partition coefficient (Wildman–Crippen LogP) is 3.05. The van der Waals surface area contributed by atoms with Gasteiger partial charge >= 0.3 is 0 Å². The highest BCUT2D eigenvalue weighted by atomic mass is 35.5. The molecule has 0 unspecified atom stereocenters. The lowest BCUT2D eigenvalue weighted by Gasteiger charge is -2.19. The Labute approximate surface area is 121 Å². The van der Waals surface area contributed by atoms with Gasteiger partial charge < -0.3 is 10.1 Å². The first-order valence-corrected chi connectivity index (χ1v) is 6.68. The molecule has 2 aromatic rings. The third-order valence-corrected chi connectivity index (χ3v) is 3.54. The van der Waals surface area contributed by atoms with Crippen LogP contribution in [0.2, 0.25) is 5.02 Å². The van der Waals surface area contributed by atoms with Gasteiger partial charge in [0.25, 0.3) is 0 Å². The van der Waals surface area contributed by atoms with Gasteiger partial charge in [-0.25, -0.2) is 14.4 Å². The number of rotatable bonds is 2. The summed E-state index contributed by atoms with van der Waals surface area (Å²) in [4.78, 5) is 8.84. The first-order valence-electron chi connectivity index (χ1n) is 6.30. The highest BCUT2D eigenvalue weighted by molar-refractivity contribution is 6.31. The van der Waals surface area contributed by atoms with Crippen LogP contribution in [0.3, 0.4) is 0 Å². The van der Waals surface area contributed by atoms with Gasteiger partial charge in [0.1, 0.15) is 5.82 Å². The molecule has 6 heteroatoms. The van der Waals surface area contributed by atoms with Gasteiger partial charge in [-0.05, 0) is 12.1 Å². The Hall–Kier alpha value is -1.72. The van der Waals surface area contributed by atoms with Crippen LogP contribution in [0.15, 0.2) is 18.2 Å². The van der Waals surface area contributed by atoms with E-state index >= 15 is 0 Å². The molecule has 0 fully saturated rings. The van der Waals surface area contributed by atoms with E-state index in [1.54, 1.807) is 19.2 Å². The first kappa shape index (κ1) is 13.3. The maximum atomic E-state index is 14.1. The Morgan fingerprint density at radius 1 is 1.35 bits per heavy atom. The zero-order valence-corrected chi connectivity index (χ0v) is 11.7. The molecule has 1 aromatic heterocycles. The van der Waals surface area contributed by atoms with Gasteiger partial charge in [-0.1, -0.05) is 17.7 Å². The minimum Gasteiger partial charge on any atom is -0.376 e. The molecule has 0 atom stereocenters. The molecule has 3 rings (SSSR count). The zero-order chi connectivity index (χ0) is 14.1. The minimum atomic E-state index is -0.497. The average Bonchev–Trinajstić information content (AvgIpc) is 2.49. The maximum absolute atomic E-state index is 14.1. The Morgan fingerprint density at radius 3 is 3.00 bits per heavy atom. The van der Waals surface area contributed by atoms with E-state index in [4.69, 9.17) is 16.3 Å². The van der Waals surface area contributed by atoms with Crippen molar-refractivity contribution >= 4 is 17.4 Å². The van der Waals surface area contributed by atoms with Crippen molar-refractivity contribution < 1.29 is 9.13 Å². The van der Waals surface area contributed by atoms with Crippen molar-refractivity contribution in [1.29, 1.82) is 0 Å². The molecule has 1 aliphatic heterocycles. The van der Waals surface area contributed by atoms with Crippen molar-refractivity contribution in [2.24, 2.45) is 0 Å². The van der Waals surface area contributed by atoms with Crippen molar-refractivity contribution in [2.45, 2.75) is 13.0 Å². The number of nitrogens with one attached hydrogen (secondary N) is 1. The lowest BCUT2D eigenvalue weighted by molar-refractivity contribution is 0.109. The molecule has 0 amide bonds. The molecular formula is C14H13ClFN3O. The molecule has 0 radical (unpaired) electrons. The summed E-state index contributed by atoms with van der Waals surface area (Å²) in [5, 5.41) is 3.08. The van der Waals surface area contributed by atoms with Gasteiger partial charge in [0, 0.05) is 19.0 Å². The smallest absolute Gasteiger partial charge is 0.164 e. The van der Waals surface area contributed by atoms with Gasteiger partial charge in [0.2, 0.25) is 0 Å². The van der Waals surface area contributed by atoms with Gasteiger partial charge in [0.05, 0.1) is 29.5 Å². The van der Waals surface area contributed by atoms with Crippen LogP contribution in [-0.4, -0.2) is 23.6 Å². The van der Waals surface area contributed by atoms with Gasteiger partial charge in [-0.15, -0.1) is 0 Å². The fraction of sp³-hybridized carbons (Fsp3) is 0.286. The van der Waals surface area contributed by atoms with Crippen LogP contribution in [0.4, 0.5) is 10.2 Å². The lowest BCUT2D eigenvalue weighted by atomic mass is 10.1. The predicted molar refractivity (Wildman–Crippen MR) is 75.3 cm³/mol. The number of hydrogen-bond acceptors (Lipinski definition) is 4. The number of ether oxygens (including phenoxy) is 1. The van der Waals surface area contributed by atoms with Crippen molar-refractivity contribution in [2.75, 3.05) is 19.0 Å². The van der Waals surface area contributed by atoms with Crippen LogP contribution in [-0.2, 0) is 17.8 Å². The van der Waals surface area contributed by atoms with E-state index in [0.29, 0.717) is 36.8 Å². The summed E-state index contributed by atoms with van der Waals surface area (Å²) in [7, 11) is 1.77. The molecule has 0 saturated heterocycles. The second kappa shape index (κ2) is 5.34. The normalized spacial score (nSPS) is 13.9. The minimum absolute atomic E-state index is 0.0677. The number of aromatic nitrogens is 2. The van der Waals surface area contributed by atoms with Gasteiger partial charge in [-0.3, -0.25) is 0 Å². The van der Waals surface area contributed by atoms with Crippen molar-refractivity contribution in [3.8, 4) is 11.4 Å². The van der Waals surface area contributed by atoms with Crippen LogP contribution in [0.1, 0.15) is 11.3 Å². The summed E-state index contributed by atoms with van der Waals surface area (Å²) in [6.45, 7) is 1.09. The standard InChI is InChI=1S/C14H13ClFN3O/c1-17-13-9-7-20-6-5-11(9)18-14(19-13)8-3-2-4-10(15)12(8)16/h2-4H,5-7H2,1H3,(H,17,18,19). The largest absolute Gasteiger partial charge is 0.376 e. The summed E-state index contributed by atoms with van der Waals surface area (Å²) >= 11 is 5.81. The molecule has 4 nitrogen and oxygen atoms in total. The maximum Gasteiger partial charge on any atom is 0.164 e. The van der Waals surface area contributed by atoms with E-state index in [1.165, 1.54) is 6.07 Å². The van der Waals surface area contributed by atoms with E-state index in [2.05, 4.69) is 15.3 Å². The third kappa shape index (κ3) is 2.23. The van der Waals surface area contributed by atoms with E-state index in [1.807, 2.05) is 0 Å². The van der Waals surface area contributed by atoms with E-state index in [0.717, 1.165) is 11.3 Å². The molecule has 0 saturated carbocycles. The monoisotopic (exact) mass is 293 g/mol. The number of fused-ring (bicyclic) bond motifs is 1. The number of nitrogens with zero attached hydrogens (tertiary/aromatic N) is 2. The van der Waals surface area contributed by atoms with Gasteiger partial charge in [-0.2, -0.15) is 0 Å². The molecule has 2 heterocycles. The van der Waals surface area contributed by atoms with Crippen molar-refractivity contribution in [3.05, 3.63) is 40.3 Å². The Morgan fingerprint density at radius 2 is 2.20 bits per heavy atom. The SMILES string of the molecule is CNc1nc(-c2cccc(Cl)c2F)nc2c1COCC2. The van der Waals surface area contributed by atoms with E-state index < -0.39 is 5.82 Å². The van der Waals surface area contributed by atoms with Crippen LogP contribution in [0.25, 0.3) is 11.4 Å². The average molecular weight is 294 g/mol. The highest BCUT2D eigenvalue weighted by Gasteiger charge is 2.20. The molecule has 1 aromatic carbocycles. The number of anilines is 1. The molecule has 0 bridgehead atoms. The second-order valence-corrected chi connectivity index (χ2v) is 4.88. The van der Waals surface area contributed by atoms with Crippen LogP contribution in [0.5, 0.6) is 0 Å². The Balaban J connectivity index is 2.17. The summed E-state index contributed by atoms with van der Waals surface area (Å²) in [5.74, 6) is 0.516. The quantitative estimate of drug-likeness (QED) is 0.924. The van der Waals surface area contributed by atoms with E-state index in [-0.39, 0.29) is 5.02 Å². The van der Waals surface area contributed by atoms with Crippen molar-refractivity contribution in [3.63, 3.8) is 0 Å². The van der Waals surface area contributed by atoms with Crippen LogP contribution < -0.4 is 5.32 Å². The topological polar surface area (TPSA) is 47.0 Å². The highest BCUT2D eigenvalue weighted by Crippen LogP contribution is 2.29.